The maximum absolute atomic E-state index is 12.1. The molecule has 19 heavy (non-hydrogen) atoms. The van der Waals surface area contributed by atoms with Gasteiger partial charge in [-0.15, -0.1) is 0 Å². The van der Waals surface area contributed by atoms with Gasteiger partial charge in [0.2, 0.25) is 15.9 Å². The quantitative estimate of drug-likeness (QED) is 0.740. The Labute approximate surface area is 115 Å². The molecule has 0 aromatic rings. The molecule has 6 nitrogen and oxygen atoms in total. The van der Waals surface area contributed by atoms with Crippen LogP contribution in [0.5, 0.6) is 0 Å². The van der Waals surface area contributed by atoms with Crippen LogP contribution in [0.4, 0.5) is 0 Å². The number of hydrogen-bond donors (Lipinski definition) is 2. The predicted molar refractivity (Wildman–Crippen MR) is 75.0 cm³/mol. The van der Waals surface area contributed by atoms with E-state index in [1.807, 2.05) is 13.8 Å². The largest absolute Gasteiger partial charge is 0.352 e. The molecule has 1 heterocycles. The Morgan fingerprint density at radius 2 is 1.84 bits per heavy atom. The number of hydrogen-bond acceptors (Lipinski definition) is 4. The van der Waals surface area contributed by atoms with Gasteiger partial charge in [0.1, 0.15) is 0 Å². The van der Waals surface area contributed by atoms with Gasteiger partial charge in [0.25, 0.3) is 0 Å². The lowest BCUT2D eigenvalue weighted by atomic mass is 10.1. The van der Waals surface area contributed by atoms with Gasteiger partial charge in [-0.3, -0.25) is 4.79 Å². The van der Waals surface area contributed by atoms with Crippen molar-refractivity contribution >= 4 is 15.9 Å². The summed E-state index contributed by atoms with van der Waals surface area (Å²) in [6.45, 7) is 6.37. The van der Waals surface area contributed by atoms with Crippen LogP contribution in [-0.2, 0) is 14.8 Å². The maximum Gasteiger partial charge on any atom is 0.236 e. The van der Waals surface area contributed by atoms with E-state index >= 15 is 0 Å². The third kappa shape index (κ3) is 5.08. The molecule has 0 bridgehead atoms. The Balaban J connectivity index is 2.47. The third-order valence-corrected chi connectivity index (χ3v) is 5.39. The lowest BCUT2D eigenvalue weighted by Gasteiger charge is -2.32. The van der Waals surface area contributed by atoms with E-state index in [9.17, 15) is 13.2 Å². The van der Waals surface area contributed by atoms with Crippen LogP contribution in [0.2, 0.25) is 0 Å². The van der Waals surface area contributed by atoms with Crippen molar-refractivity contribution in [3.8, 4) is 0 Å². The van der Waals surface area contributed by atoms with Crippen molar-refractivity contribution in [3.05, 3.63) is 0 Å². The maximum atomic E-state index is 12.1. The zero-order valence-corrected chi connectivity index (χ0v) is 12.7. The van der Waals surface area contributed by atoms with Gasteiger partial charge in [-0.2, -0.15) is 0 Å². The van der Waals surface area contributed by atoms with Gasteiger partial charge >= 0.3 is 0 Å². The summed E-state index contributed by atoms with van der Waals surface area (Å²) in [6, 6.07) is -0.494. The molecule has 0 spiro atoms. The fourth-order valence-corrected chi connectivity index (χ4v) is 3.96. The first-order valence-corrected chi connectivity index (χ1v) is 8.37. The van der Waals surface area contributed by atoms with Crippen LogP contribution in [0.1, 0.15) is 33.6 Å². The monoisotopic (exact) mass is 291 g/mol. The fourth-order valence-electron chi connectivity index (χ4n) is 2.14. The van der Waals surface area contributed by atoms with E-state index in [4.69, 9.17) is 5.73 Å². The van der Waals surface area contributed by atoms with E-state index in [0.717, 1.165) is 0 Å². The Morgan fingerprint density at radius 1 is 1.32 bits per heavy atom. The highest BCUT2D eigenvalue weighted by Gasteiger charge is 2.29. The summed E-state index contributed by atoms with van der Waals surface area (Å²) in [6.07, 6.45) is 1.30. The van der Waals surface area contributed by atoms with Gasteiger partial charge in [-0.05, 0) is 25.7 Å². The van der Waals surface area contributed by atoms with Crippen LogP contribution in [-0.4, -0.2) is 49.6 Å². The summed E-state index contributed by atoms with van der Waals surface area (Å²) >= 11 is 0. The SMILES string of the molecule is CC(C)CS(=O)(=O)N1CCC(NC(=O)[C@@H](C)N)CC1. The molecular formula is C12H25N3O3S. The van der Waals surface area contributed by atoms with E-state index in [1.165, 1.54) is 4.31 Å². The van der Waals surface area contributed by atoms with Crippen molar-refractivity contribution in [2.45, 2.75) is 45.7 Å². The number of nitrogens with two attached hydrogens (primary N) is 1. The number of nitrogens with zero attached hydrogens (tertiary/aromatic N) is 1. The second-order valence-electron chi connectivity index (χ2n) is 5.64. The first kappa shape index (κ1) is 16.4. The smallest absolute Gasteiger partial charge is 0.236 e. The highest BCUT2D eigenvalue weighted by Crippen LogP contribution is 2.16. The van der Waals surface area contributed by atoms with Crippen molar-refractivity contribution in [2.24, 2.45) is 11.7 Å². The molecule has 1 rings (SSSR count). The molecule has 1 aliphatic heterocycles. The summed E-state index contributed by atoms with van der Waals surface area (Å²) in [5.74, 6) is 0.133. The second-order valence-corrected chi connectivity index (χ2v) is 7.66. The zero-order chi connectivity index (χ0) is 14.6. The van der Waals surface area contributed by atoms with Gasteiger partial charge in [-0.1, -0.05) is 13.8 Å². The van der Waals surface area contributed by atoms with Crippen molar-refractivity contribution in [1.82, 2.24) is 9.62 Å². The molecule has 1 atom stereocenters. The van der Waals surface area contributed by atoms with Crippen molar-refractivity contribution in [2.75, 3.05) is 18.8 Å². The zero-order valence-electron chi connectivity index (χ0n) is 11.9. The Bertz CT molecular complexity index is 398. The van der Waals surface area contributed by atoms with Gasteiger partial charge in [0.15, 0.2) is 0 Å². The minimum Gasteiger partial charge on any atom is -0.352 e. The molecule has 0 radical (unpaired) electrons. The van der Waals surface area contributed by atoms with Crippen molar-refractivity contribution in [1.29, 1.82) is 0 Å². The number of carbonyl (C=O) groups is 1. The van der Waals surface area contributed by atoms with Crippen LogP contribution in [0.3, 0.4) is 0 Å². The lowest BCUT2D eigenvalue weighted by Crippen LogP contribution is -2.50. The molecule has 0 aromatic carbocycles. The van der Waals surface area contributed by atoms with Gasteiger partial charge < -0.3 is 11.1 Å². The first-order valence-electron chi connectivity index (χ1n) is 6.76. The minimum atomic E-state index is -3.15. The first-order chi connectivity index (χ1) is 8.72. The molecule has 3 N–H and O–H groups in total. The number of carbonyl (C=O) groups excluding carboxylic acids is 1. The highest BCUT2D eigenvalue weighted by atomic mass is 32.2. The average Bonchev–Trinajstić information content (AvgIpc) is 2.27. The Hall–Kier alpha value is -0.660. The lowest BCUT2D eigenvalue weighted by molar-refractivity contribution is -0.122. The number of piperidine rings is 1. The van der Waals surface area contributed by atoms with Crippen LogP contribution in [0, 0.1) is 5.92 Å². The molecule has 0 saturated carbocycles. The third-order valence-electron chi connectivity index (χ3n) is 3.15. The molecule has 0 aliphatic carbocycles. The number of sulfonamides is 1. The molecule has 0 aromatic heterocycles. The topological polar surface area (TPSA) is 92.5 Å². The van der Waals surface area contributed by atoms with Gasteiger partial charge in [-0.25, -0.2) is 12.7 Å². The van der Waals surface area contributed by atoms with Crippen molar-refractivity contribution < 1.29 is 13.2 Å². The van der Waals surface area contributed by atoms with Crippen molar-refractivity contribution in [3.63, 3.8) is 0 Å². The van der Waals surface area contributed by atoms with Gasteiger partial charge in [0, 0.05) is 19.1 Å². The van der Waals surface area contributed by atoms with Crippen LogP contribution in [0.15, 0.2) is 0 Å². The standard InChI is InChI=1S/C12H25N3O3S/c1-9(2)8-19(17,18)15-6-4-11(5-7-15)14-12(16)10(3)13/h9-11H,4-8,13H2,1-3H3,(H,14,16)/t10-/m1/s1. The molecule has 1 aliphatic rings. The summed E-state index contributed by atoms with van der Waals surface area (Å²) < 4.78 is 25.6. The normalized spacial score (nSPS) is 20.5. The minimum absolute atomic E-state index is 0.0315. The molecule has 112 valence electrons. The number of nitrogens with one attached hydrogen (secondary N) is 1. The van der Waals surface area contributed by atoms with E-state index in [0.29, 0.717) is 25.9 Å². The number of rotatable bonds is 5. The summed E-state index contributed by atoms with van der Waals surface area (Å²) in [5.41, 5.74) is 5.49. The highest BCUT2D eigenvalue weighted by molar-refractivity contribution is 7.89. The molecule has 1 fully saturated rings. The van der Waals surface area contributed by atoms with E-state index in [-0.39, 0.29) is 23.6 Å². The van der Waals surface area contributed by atoms with Crippen LogP contribution < -0.4 is 11.1 Å². The molecule has 1 saturated heterocycles. The predicted octanol–water partition coefficient (Wildman–Crippen LogP) is -0.1000. The Kier molecular flexibility index (Phi) is 5.76. The summed E-state index contributed by atoms with van der Waals surface area (Å²) in [5, 5.41) is 2.85. The van der Waals surface area contributed by atoms with E-state index in [1.54, 1.807) is 6.92 Å². The average molecular weight is 291 g/mol. The molecular weight excluding hydrogens is 266 g/mol. The molecule has 1 amide bonds. The van der Waals surface area contributed by atoms with Crippen LogP contribution >= 0.6 is 0 Å². The fraction of sp³-hybridized carbons (Fsp3) is 0.917. The summed E-state index contributed by atoms with van der Waals surface area (Å²) in [4.78, 5) is 11.5. The number of amides is 1. The molecule has 7 heteroatoms. The van der Waals surface area contributed by atoms with E-state index < -0.39 is 16.1 Å². The Morgan fingerprint density at radius 3 is 2.26 bits per heavy atom. The van der Waals surface area contributed by atoms with Gasteiger partial charge in [0.05, 0.1) is 11.8 Å². The summed E-state index contributed by atoms with van der Waals surface area (Å²) in [7, 11) is -3.15. The van der Waals surface area contributed by atoms with Crippen LogP contribution in [0.25, 0.3) is 0 Å². The second kappa shape index (κ2) is 6.67. The van der Waals surface area contributed by atoms with E-state index in [2.05, 4.69) is 5.32 Å². The molecule has 0 unspecified atom stereocenters.